The molecule has 136 valence electrons. The van der Waals surface area contributed by atoms with Gasteiger partial charge in [0.25, 0.3) is 0 Å². The Bertz CT molecular complexity index is 737. The predicted octanol–water partition coefficient (Wildman–Crippen LogP) is 1.95. The molecule has 2 heterocycles. The Morgan fingerprint density at radius 2 is 2.40 bits per heavy atom. The van der Waals surface area contributed by atoms with Crippen molar-refractivity contribution < 1.29 is 9.53 Å². The first-order valence-electron chi connectivity index (χ1n) is 8.26. The molecule has 0 radical (unpaired) electrons. The maximum atomic E-state index is 12.7. The molecule has 2 aromatic heterocycles. The smallest absolute Gasteiger partial charge is 0.343 e. The number of thioether (sulfide) groups is 1. The zero-order chi connectivity index (χ0) is 17.6. The van der Waals surface area contributed by atoms with Crippen LogP contribution in [0.15, 0.2) is 26.8 Å². The Morgan fingerprint density at radius 1 is 1.56 bits per heavy atom. The summed E-state index contributed by atoms with van der Waals surface area (Å²) in [5.74, 6) is 0.382. The molecule has 0 atom stereocenters. The number of ether oxygens (including phenoxy) is 1. The lowest BCUT2D eigenvalue weighted by Gasteiger charge is -2.21. The molecule has 7 nitrogen and oxygen atoms in total. The van der Waals surface area contributed by atoms with Crippen LogP contribution in [-0.4, -0.2) is 51.1 Å². The molecule has 1 fully saturated rings. The minimum Gasteiger partial charge on any atom is -0.385 e. The second-order valence-corrected chi connectivity index (χ2v) is 7.70. The van der Waals surface area contributed by atoms with Crippen molar-refractivity contribution in [3.05, 3.63) is 32.9 Å². The summed E-state index contributed by atoms with van der Waals surface area (Å²) in [6.45, 7) is 1.77. The lowest BCUT2D eigenvalue weighted by atomic mass is 10.3. The molecular formula is C16H22N4O3S2. The molecule has 0 unspecified atom stereocenters. The minimum absolute atomic E-state index is 0.0950. The van der Waals surface area contributed by atoms with Crippen molar-refractivity contribution in [1.82, 2.24) is 19.7 Å². The largest absolute Gasteiger partial charge is 0.385 e. The fourth-order valence-electron chi connectivity index (χ4n) is 2.57. The van der Waals surface area contributed by atoms with Crippen LogP contribution in [-0.2, 0) is 22.6 Å². The summed E-state index contributed by atoms with van der Waals surface area (Å²) in [5.41, 5.74) is 0.926. The van der Waals surface area contributed by atoms with E-state index in [2.05, 4.69) is 21.6 Å². The monoisotopic (exact) mass is 382 g/mol. The Labute approximate surface area is 154 Å². The minimum atomic E-state index is -0.247. The van der Waals surface area contributed by atoms with Crippen LogP contribution in [0.1, 0.15) is 24.8 Å². The molecule has 2 aromatic rings. The number of H-pyrrole nitrogens is 1. The molecule has 0 saturated heterocycles. The van der Waals surface area contributed by atoms with Crippen LogP contribution < -0.4 is 5.69 Å². The van der Waals surface area contributed by atoms with Crippen molar-refractivity contribution in [2.24, 2.45) is 0 Å². The van der Waals surface area contributed by atoms with Crippen molar-refractivity contribution in [1.29, 1.82) is 0 Å². The first-order chi connectivity index (χ1) is 12.2. The topological polar surface area (TPSA) is 80.2 Å². The van der Waals surface area contributed by atoms with Gasteiger partial charge in [-0.15, -0.1) is 5.10 Å². The van der Waals surface area contributed by atoms with Crippen molar-refractivity contribution in [3.8, 4) is 0 Å². The van der Waals surface area contributed by atoms with Crippen LogP contribution in [0.4, 0.5) is 0 Å². The fraction of sp³-hybridized carbons (Fsp3) is 0.562. The average Bonchev–Trinajstić information content (AvgIpc) is 3.20. The van der Waals surface area contributed by atoms with E-state index in [0.717, 1.165) is 19.3 Å². The predicted molar refractivity (Wildman–Crippen MR) is 98.0 cm³/mol. The van der Waals surface area contributed by atoms with Gasteiger partial charge in [0.15, 0.2) is 5.16 Å². The third kappa shape index (κ3) is 4.96. The summed E-state index contributed by atoms with van der Waals surface area (Å²) in [6.07, 6.45) is 2.87. The lowest BCUT2D eigenvalue weighted by molar-refractivity contribution is -0.129. The van der Waals surface area contributed by atoms with E-state index in [9.17, 15) is 9.59 Å². The number of hydrogen-bond donors (Lipinski definition) is 1. The fourth-order valence-corrected chi connectivity index (χ4v) is 4.09. The highest BCUT2D eigenvalue weighted by atomic mass is 32.2. The molecular weight excluding hydrogens is 360 g/mol. The quantitative estimate of drug-likeness (QED) is 0.502. The van der Waals surface area contributed by atoms with Crippen molar-refractivity contribution in [2.45, 2.75) is 43.6 Å². The third-order valence-electron chi connectivity index (χ3n) is 4.02. The Hall–Kier alpha value is -1.58. The van der Waals surface area contributed by atoms with Gasteiger partial charge in [0.05, 0.1) is 5.75 Å². The summed E-state index contributed by atoms with van der Waals surface area (Å²) in [7, 11) is 1.63. The Balaban J connectivity index is 1.58. The zero-order valence-corrected chi connectivity index (χ0v) is 15.8. The van der Waals surface area contributed by atoms with Gasteiger partial charge in [-0.1, -0.05) is 11.8 Å². The molecule has 3 rings (SSSR count). The number of nitrogens with zero attached hydrogens (tertiary/aromatic N) is 3. The number of aromatic nitrogens is 3. The second-order valence-electron chi connectivity index (χ2n) is 5.98. The number of rotatable bonds is 10. The number of aromatic amines is 1. The van der Waals surface area contributed by atoms with Gasteiger partial charge in [-0.25, -0.2) is 9.89 Å². The highest BCUT2D eigenvalue weighted by Gasteiger charge is 2.32. The molecule has 1 N–H and O–H groups in total. The van der Waals surface area contributed by atoms with E-state index in [-0.39, 0.29) is 17.3 Å². The van der Waals surface area contributed by atoms with E-state index in [1.807, 2.05) is 10.3 Å². The van der Waals surface area contributed by atoms with Gasteiger partial charge in [-0.05, 0) is 41.7 Å². The number of hydrogen-bond acceptors (Lipinski definition) is 6. The molecule has 1 aliphatic carbocycles. The van der Waals surface area contributed by atoms with Gasteiger partial charge in [0.2, 0.25) is 5.91 Å². The van der Waals surface area contributed by atoms with E-state index in [1.54, 1.807) is 23.0 Å². The van der Waals surface area contributed by atoms with Crippen molar-refractivity contribution in [3.63, 3.8) is 0 Å². The molecule has 1 amide bonds. The van der Waals surface area contributed by atoms with Gasteiger partial charge in [0, 0.05) is 32.8 Å². The number of amides is 1. The summed E-state index contributed by atoms with van der Waals surface area (Å²) in [4.78, 5) is 26.5. The van der Waals surface area contributed by atoms with Gasteiger partial charge in [-0.2, -0.15) is 11.3 Å². The van der Waals surface area contributed by atoms with E-state index < -0.39 is 0 Å². The number of thiophene rings is 1. The van der Waals surface area contributed by atoms with E-state index in [4.69, 9.17) is 4.74 Å². The van der Waals surface area contributed by atoms with Crippen LogP contribution >= 0.6 is 23.1 Å². The second kappa shape index (κ2) is 8.68. The molecule has 0 spiro atoms. The molecule has 0 aliphatic heterocycles. The number of carbonyl (C=O) groups is 1. The van der Waals surface area contributed by atoms with E-state index in [0.29, 0.717) is 30.9 Å². The van der Waals surface area contributed by atoms with Crippen LogP contribution in [0.2, 0.25) is 0 Å². The van der Waals surface area contributed by atoms with Crippen molar-refractivity contribution >= 4 is 29.0 Å². The zero-order valence-electron chi connectivity index (χ0n) is 14.1. The summed E-state index contributed by atoms with van der Waals surface area (Å²) >= 11 is 2.96. The third-order valence-corrected chi connectivity index (χ3v) is 5.71. The molecule has 1 saturated carbocycles. The van der Waals surface area contributed by atoms with E-state index in [1.165, 1.54) is 17.3 Å². The Morgan fingerprint density at radius 3 is 3.08 bits per heavy atom. The lowest BCUT2D eigenvalue weighted by Crippen LogP contribution is -2.34. The van der Waals surface area contributed by atoms with Gasteiger partial charge in [0.1, 0.15) is 0 Å². The van der Waals surface area contributed by atoms with Crippen LogP contribution in [0.25, 0.3) is 0 Å². The van der Waals surface area contributed by atoms with Crippen LogP contribution in [0.3, 0.4) is 0 Å². The Kier molecular flexibility index (Phi) is 6.33. The van der Waals surface area contributed by atoms with Crippen LogP contribution in [0, 0.1) is 0 Å². The number of nitrogens with one attached hydrogen (secondary N) is 1. The standard InChI is InChI=1S/C16H22N4O3S2/c1-23-7-2-6-19-15(22)17-18-16(19)25-11-14(21)20(13-3-4-13)9-12-5-8-24-10-12/h5,8,10,13H,2-4,6-7,9,11H2,1H3,(H,17,22). The van der Waals surface area contributed by atoms with Gasteiger partial charge >= 0.3 is 5.69 Å². The summed E-state index contributed by atoms with van der Waals surface area (Å²) in [5, 5.41) is 11.2. The highest BCUT2D eigenvalue weighted by Crippen LogP contribution is 2.30. The summed E-state index contributed by atoms with van der Waals surface area (Å²) < 4.78 is 6.59. The molecule has 0 bridgehead atoms. The maximum absolute atomic E-state index is 12.7. The average molecular weight is 383 g/mol. The van der Waals surface area contributed by atoms with Crippen molar-refractivity contribution in [2.75, 3.05) is 19.5 Å². The molecule has 1 aliphatic rings. The molecule has 9 heteroatoms. The number of carbonyl (C=O) groups excluding carboxylic acids is 1. The van der Waals surface area contributed by atoms with Crippen LogP contribution in [0.5, 0.6) is 0 Å². The highest BCUT2D eigenvalue weighted by molar-refractivity contribution is 7.99. The number of methoxy groups -OCH3 is 1. The first kappa shape index (κ1) is 18.2. The van der Waals surface area contributed by atoms with E-state index >= 15 is 0 Å². The first-order valence-corrected chi connectivity index (χ1v) is 10.2. The van der Waals surface area contributed by atoms with Gasteiger partial charge in [-0.3, -0.25) is 9.36 Å². The molecule has 25 heavy (non-hydrogen) atoms. The maximum Gasteiger partial charge on any atom is 0.343 e. The molecule has 0 aromatic carbocycles. The normalized spacial score (nSPS) is 14.0. The summed E-state index contributed by atoms with van der Waals surface area (Å²) in [6, 6.07) is 2.41. The van der Waals surface area contributed by atoms with Gasteiger partial charge < -0.3 is 9.64 Å². The SMILES string of the molecule is COCCCn1c(SCC(=O)N(Cc2ccsc2)C2CC2)n[nH]c1=O.